The van der Waals surface area contributed by atoms with E-state index in [1.54, 1.807) is 23.2 Å². The highest BCUT2D eigenvalue weighted by molar-refractivity contribution is 5.70. The summed E-state index contributed by atoms with van der Waals surface area (Å²) in [5.74, 6) is -5.16. The summed E-state index contributed by atoms with van der Waals surface area (Å²) < 4.78 is 28.8. The minimum Gasteiger partial charge on any atom is -0.481 e. The number of carboxylic acids is 1. The van der Waals surface area contributed by atoms with E-state index in [-0.39, 0.29) is 13.1 Å². The van der Waals surface area contributed by atoms with E-state index in [1.807, 2.05) is 0 Å². The maximum absolute atomic E-state index is 13.6. The molecule has 7 heteroatoms. The SMILES string of the molecule is C=CCn1cc(CN2CC(C(=O)O)CC(F)(F)C2)cn1. The number of allylic oxidation sites excluding steroid dienone is 1. The Bertz CT molecular complexity index is 502. The van der Waals surface area contributed by atoms with Gasteiger partial charge in [0.05, 0.1) is 25.2 Å². The number of aromatic nitrogens is 2. The van der Waals surface area contributed by atoms with Crippen LogP contribution in [0, 0.1) is 5.92 Å². The third-order valence-corrected chi connectivity index (χ3v) is 3.24. The molecular weight excluding hydrogens is 268 g/mol. The molecule has 2 rings (SSSR count). The molecule has 1 atom stereocenters. The van der Waals surface area contributed by atoms with Crippen molar-refractivity contribution in [1.82, 2.24) is 14.7 Å². The van der Waals surface area contributed by atoms with E-state index in [9.17, 15) is 13.6 Å². The van der Waals surface area contributed by atoms with Gasteiger partial charge in [-0.05, 0) is 0 Å². The average Bonchev–Trinajstić information content (AvgIpc) is 2.75. The number of halogens is 2. The zero-order valence-corrected chi connectivity index (χ0v) is 11.0. The molecule has 0 amide bonds. The molecule has 1 aromatic heterocycles. The molecule has 1 fully saturated rings. The first-order valence-corrected chi connectivity index (χ1v) is 6.35. The molecule has 1 aliphatic rings. The summed E-state index contributed by atoms with van der Waals surface area (Å²) in [6, 6.07) is 0. The van der Waals surface area contributed by atoms with Gasteiger partial charge in [-0.25, -0.2) is 8.78 Å². The lowest BCUT2D eigenvalue weighted by molar-refractivity contribution is -0.153. The highest BCUT2D eigenvalue weighted by Crippen LogP contribution is 2.31. The van der Waals surface area contributed by atoms with Crippen molar-refractivity contribution in [1.29, 1.82) is 0 Å². The molecule has 1 unspecified atom stereocenters. The number of hydrogen-bond acceptors (Lipinski definition) is 3. The number of aliphatic carboxylic acids is 1. The zero-order valence-electron chi connectivity index (χ0n) is 11.0. The van der Waals surface area contributed by atoms with E-state index in [0.29, 0.717) is 6.54 Å². The quantitative estimate of drug-likeness (QED) is 0.835. The maximum Gasteiger partial charge on any atom is 0.308 e. The Morgan fingerprint density at radius 2 is 2.40 bits per heavy atom. The van der Waals surface area contributed by atoms with Gasteiger partial charge in [0.25, 0.3) is 5.92 Å². The summed E-state index contributed by atoms with van der Waals surface area (Å²) in [7, 11) is 0. The molecular formula is C13H17F2N3O2. The summed E-state index contributed by atoms with van der Waals surface area (Å²) >= 11 is 0. The Morgan fingerprint density at radius 3 is 3.05 bits per heavy atom. The molecule has 0 bridgehead atoms. The van der Waals surface area contributed by atoms with Crippen molar-refractivity contribution >= 4 is 5.97 Å². The van der Waals surface area contributed by atoms with E-state index in [0.717, 1.165) is 5.56 Å². The Kier molecular flexibility index (Phi) is 4.17. The normalized spacial score (nSPS) is 22.6. The third kappa shape index (κ3) is 3.63. The molecule has 5 nitrogen and oxygen atoms in total. The molecule has 2 heterocycles. The van der Waals surface area contributed by atoms with Gasteiger partial charge in [0.1, 0.15) is 0 Å². The molecule has 110 valence electrons. The van der Waals surface area contributed by atoms with Crippen LogP contribution in [0.1, 0.15) is 12.0 Å². The molecule has 0 aliphatic carbocycles. The fourth-order valence-corrected chi connectivity index (χ4v) is 2.46. The number of rotatable bonds is 5. The average molecular weight is 285 g/mol. The van der Waals surface area contributed by atoms with E-state index in [4.69, 9.17) is 5.11 Å². The third-order valence-electron chi connectivity index (χ3n) is 3.24. The first-order valence-electron chi connectivity index (χ1n) is 6.35. The van der Waals surface area contributed by atoms with Crippen molar-refractivity contribution in [3.05, 3.63) is 30.6 Å². The Morgan fingerprint density at radius 1 is 1.65 bits per heavy atom. The van der Waals surface area contributed by atoms with E-state index in [1.165, 1.54) is 4.90 Å². The molecule has 20 heavy (non-hydrogen) atoms. The van der Waals surface area contributed by atoms with Crippen molar-refractivity contribution in [2.45, 2.75) is 25.4 Å². The highest BCUT2D eigenvalue weighted by Gasteiger charge is 2.42. The zero-order chi connectivity index (χ0) is 14.8. The monoisotopic (exact) mass is 285 g/mol. The lowest BCUT2D eigenvalue weighted by Gasteiger charge is -2.35. The first kappa shape index (κ1) is 14.6. The lowest BCUT2D eigenvalue weighted by Crippen LogP contribution is -2.48. The number of likely N-dealkylation sites (tertiary alicyclic amines) is 1. The van der Waals surface area contributed by atoms with Crippen molar-refractivity contribution in [3.63, 3.8) is 0 Å². The van der Waals surface area contributed by atoms with Crippen LogP contribution < -0.4 is 0 Å². The van der Waals surface area contributed by atoms with Crippen LogP contribution >= 0.6 is 0 Å². The smallest absolute Gasteiger partial charge is 0.308 e. The van der Waals surface area contributed by atoms with Crippen LogP contribution in [0.3, 0.4) is 0 Å². The van der Waals surface area contributed by atoms with Crippen LogP contribution in [0.15, 0.2) is 25.0 Å². The summed E-state index contributed by atoms with van der Waals surface area (Å²) in [4.78, 5) is 12.4. The highest BCUT2D eigenvalue weighted by atomic mass is 19.3. The standard InChI is InChI=1S/C13H17F2N3O2/c1-2-3-18-7-10(5-16-18)6-17-8-11(12(19)20)4-13(14,15)9-17/h2,5,7,11H,1,3-4,6,8-9H2,(H,19,20). The maximum atomic E-state index is 13.6. The predicted molar refractivity (Wildman–Crippen MR) is 68.4 cm³/mol. The van der Waals surface area contributed by atoms with Crippen molar-refractivity contribution in [2.75, 3.05) is 13.1 Å². The van der Waals surface area contributed by atoms with Crippen LogP contribution in [0.2, 0.25) is 0 Å². The molecule has 1 N–H and O–H groups in total. The first-order chi connectivity index (χ1) is 9.39. The molecule has 0 aromatic carbocycles. The topological polar surface area (TPSA) is 58.4 Å². The lowest BCUT2D eigenvalue weighted by atomic mass is 9.95. The number of nitrogens with zero attached hydrogens (tertiary/aromatic N) is 3. The van der Waals surface area contributed by atoms with Gasteiger partial charge < -0.3 is 5.11 Å². The molecule has 1 aromatic rings. The largest absolute Gasteiger partial charge is 0.481 e. The second kappa shape index (κ2) is 5.70. The van der Waals surface area contributed by atoms with Crippen molar-refractivity contribution in [2.24, 2.45) is 5.92 Å². The van der Waals surface area contributed by atoms with E-state index >= 15 is 0 Å². The van der Waals surface area contributed by atoms with E-state index < -0.39 is 30.8 Å². The fourth-order valence-electron chi connectivity index (χ4n) is 2.46. The van der Waals surface area contributed by atoms with Crippen molar-refractivity contribution in [3.8, 4) is 0 Å². The second-order valence-electron chi connectivity index (χ2n) is 5.12. The number of carbonyl (C=O) groups is 1. The Balaban J connectivity index is 2.03. The van der Waals surface area contributed by atoms with Crippen LogP contribution in [-0.2, 0) is 17.9 Å². The van der Waals surface area contributed by atoms with Gasteiger partial charge in [-0.3, -0.25) is 14.4 Å². The van der Waals surface area contributed by atoms with Gasteiger partial charge in [-0.2, -0.15) is 5.10 Å². The van der Waals surface area contributed by atoms with Gasteiger partial charge >= 0.3 is 5.97 Å². The van der Waals surface area contributed by atoms with Gasteiger partial charge in [-0.1, -0.05) is 6.08 Å². The van der Waals surface area contributed by atoms with Crippen LogP contribution in [-0.4, -0.2) is 44.8 Å². The fraction of sp³-hybridized carbons (Fsp3) is 0.538. The number of hydrogen-bond donors (Lipinski definition) is 1. The summed E-state index contributed by atoms with van der Waals surface area (Å²) in [5.41, 5.74) is 0.786. The van der Waals surface area contributed by atoms with Gasteiger partial charge in [0.2, 0.25) is 0 Å². The predicted octanol–water partition coefficient (Wildman–Crippen LogP) is 1.61. The Labute approximate surface area is 115 Å². The van der Waals surface area contributed by atoms with Gasteiger partial charge in [-0.15, -0.1) is 6.58 Å². The van der Waals surface area contributed by atoms with Crippen LogP contribution in [0.5, 0.6) is 0 Å². The molecule has 1 saturated heterocycles. The summed E-state index contributed by atoms with van der Waals surface area (Å²) in [5, 5.41) is 13.0. The second-order valence-corrected chi connectivity index (χ2v) is 5.12. The van der Waals surface area contributed by atoms with Gasteiger partial charge in [0, 0.05) is 31.3 Å². The minimum absolute atomic E-state index is 0.136. The number of alkyl halides is 2. The van der Waals surface area contributed by atoms with Gasteiger partial charge in [0.15, 0.2) is 0 Å². The summed E-state index contributed by atoms with van der Waals surface area (Å²) in [6.45, 7) is 4.14. The van der Waals surface area contributed by atoms with Crippen molar-refractivity contribution < 1.29 is 18.7 Å². The van der Waals surface area contributed by atoms with E-state index in [2.05, 4.69) is 11.7 Å². The molecule has 0 spiro atoms. The minimum atomic E-state index is -2.96. The Hall–Kier alpha value is -1.76. The molecule has 1 aliphatic heterocycles. The number of carboxylic acid groups (broad SMARTS) is 1. The summed E-state index contributed by atoms with van der Waals surface area (Å²) in [6.07, 6.45) is 4.46. The molecule has 0 radical (unpaired) electrons. The van der Waals surface area contributed by atoms with Crippen LogP contribution in [0.25, 0.3) is 0 Å². The molecule has 0 saturated carbocycles. The van der Waals surface area contributed by atoms with Crippen LogP contribution in [0.4, 0.5) is 8.78 Å². The number of piperidine rings is 1.